The number of ether oxygens (including phenoxy) is 2. The molecule has 1 heterocycles. The van der Waals surface area contributed by atoms with Gasteiger partial charge in [0.05, 0.1) is 24.7 Å². The molecule has 0 radical (unpaired) electrons. The summed E-state index contributed by atoms with van der Waals surface area (Å²) in [5.41, 5.74) is 1.62. The van der Waals surface area contributed by atoms with E-state index in [-0.39, 0.29) is 43.0 Å². The second-order valence-electron chi connectivity index (χ2n) is 9.79. The molecular weight excluding hydrogens is 447 g/mol. The van der Waals surface area contributed by atoms with Gasteiger partial charge >= 0.3 is 12.1 Å². The molecule has 5 nitrogen and oxygen atoms in total. The fourth-order valence-electron chi connectivity index (χ4n) is 5.17. The molecule has 0 aromatic heterocycles. The molecule has 0 amide bonds. The summed E-state index contributed by atoms with van der Waals surface area (Å²) in [7, 11) is 1.82. The van der Waals surface area contributed by atoms with Crippen molar-refractivity contribution in [3.8, 4) is 0 Å². The van der Waals surface area contributed by atoms with Gasteiger partial charge in [-0.1, -0.05) is 44.2 Å². The van der Waals surface area contributed by atoms with E-state index in [2.05, 4.69) is 6.92 Å². The van der Waals surface area contributed by atoms with Crippen molar-refractivity contribution in [3.05, 3.63) is 53.1 Å². The number of carbonyl (C=O) groups excluding carboxylic acids is 1. The molecule has 0 bridgehead atoms. The van der Waals surface area contributed by atoms with Gasteiger partial charge in [0.1, 0.15) is 12.7 Å². The number of esters is 1. The Labute approximate surface area is 198 Å². The van der Waals surface area contributed by atoms with Gasteiger partial charge in [-0.25, -0.2) is 0 Å². The lowest BCUT2D eigenvalue weighted by Gasteiger charge is -2.38. The van der Waals surface area contributed by atoms with Crippen molar-refractivity contribution in [1.29, 1.82) is 0 Å². The van der Waals surface area contributed by atoms with Gasteiger partial charge in [0.25, 0.3) is 0 Å². The van der Waals surface area contributed by atoms with E-state index >= 15 is 0 Å². The number of carbonyl (C=O) groups is 1. The number of alkyl halides is 3. The first-order valence-electron chi connectivity index (χ1n) is 11.8. The van der Waals surface area contributed by atoms with Crippen molar-refractivity contribution in [2.45, 2.75) is 57.5 Å². The smallest absolute Gasteiger partial charge is 0.413 e. The predicted octanol–water partition coefficient (Wildman–Crippen LogP) is 4.45. The van der Waals surface area contributed by atoms with Gasteiger partial charge in [0.2, 0.25) is 0 Å². The van der Waals surface area contributed by atoms with Crippen molar-refractivity contribution in [2.24, 2.45) is 17.8 Å². The molecule has 1 aromatic rings. The summed E-state index contributed by atoms with van der Waals surface area (Å²) in [5.74, 6) is 0.239. The minimum Gasteiger partial charge on any atom is -0.463 e. The number of aliphatic hydroxyl groups is 1. The van der Waals surface area contributed by atoms with Crippen LogP contribution in [0, 0.1) is 17.8 Å². The van der Waals surface area contributed by atoms with E-state index in [1.807, 2.05) is 43.1 Å². The lowest BCUT2D eigenvalue weighted by Crippen LogP contribution is -2.40. The molecule has 1 saturated carbocycles. The van der Waals surface area contributed by atoms with E-state index < -0.39 is 30.0 Å². The number of rotatable bonds is 7. The molecule has 186 valence electrons. The number of likely N-dealkylation sites (N-methyl/N-ethyl adjacent to an activating group) is 1. The minimum atomic E-state index is -4.48. The largest absolute Gasteiger partial charge is 0.463 e. The number of fused-ring (bicyclic) bond motifs is 1. The molecule has 4 rings (SSSR count). The van der Waals surface area contributed by atoms with Crippen molar-refractivity contribution < 1.29 is 32.5 Å². The molecule has 1 fully saturated rings. The monoisotopic (exact) mass is 479 g/mol. The summed E-state index contributed by atoms with van der Waals surface area (Å²) < 4.78 is 52.7. The second kappa shape index (κ2) is 9.74. The van der Waals surface area contributed by atoms with E-state index in [0.29, 0.717) is 12.3 Å². The topological polar surface area (TPSA) is 59.0 Å². The summed E-state index contributed by atoms with van der Waals surface area (Å²) in [6.07, 6.45) is -2.29. The summed E-state index contributed by atoms with van der Waals surface area (Å²) in [6.45, 7) is 3.63. The molecule has 1 N–H and O–H groups in total. The third-order valence-electron chi connectivity index (χ3n) is 7.58. The standard InChI is InChI=1S/C26H32F3NO4/c1-15-10-21(16(15)2)25(32)34-14-18(31)13-33-19-8-9-20(22(12-19)26(27,28)29)24-11-17-6-4-5-7-23(17)30(24)3/h4-9,15-16,18-19,21,24,31H,10-14H2,1-3H3. The summed E-state index contributed by atoms with van der Waals surface area (Å²) in [5, 5.41) is 10.1. The fraction of sp³-hybridized carbons (Fsp3) is 0.577. The first kappa shape index (κ1) is 24.8. The van der Waals surface area contributed by atoms with E-state index in [0.717, 1.165) is 17.7 Å². The Morgan fingerprint density at radius 3 is 2.59 bits per heavy atom. The number of anilines is 1. The maximum Gasteiger partial charge on any atom is 0.413 e. The van der Waals surface area contributed by atoms with Crippen molar-refractivity contribution >= 4 is 11.7 Å². The van der Waals surface area contributed by atoms with Gasteiger partial charge < -0.3 is 19.5 Å². The van der Waals surface area contributed by atoms with Crippen molar-refractivity contribution in [3.63, 3.8) is 0 Å². The number of halogens is 3. The van der Waals surface area contributed by atoms with Crippen LogP contribution >= 0.6 is 0 Å². The Bertz CT molecular complexity index is 973. The molecule has 0 spiro atoms. The first-order chi connectivity index (χ1) is 16.1. The predicted molar refractivity (Wildman–Crippen MR) is 122 cm³/mol. The molecule has 34 heavy (non-hydrogen) atoms. The number of hydrogen-bond acceptors (Lipinski definition) is 5. The minimum absolute atomic E-state index is 0.151. The summed E-state index contributed by atoms with van der Waals surface area (Å²) >= 11 is 0. The molecule has 6 unspecified atom stereocenters. The molecule has 1 aliphatic heterocycles. The maximum absolute atomic E-state index is 14.0. The van der Waals surface area contributed by atoms with Gasteiger partial charge in [0, 0.05) is 24.7 Å². The van der Waals surface area contributed by atoms with Crippen LogP contribution in [0.5, 0.6) is 0 Å². The normalized spacial score (nSPS) is 29.6. The Balaban J connectivity index is 1.33. The number of aliphatic hydroxyl groups excluding tert-OH is 1. The Morgan fingerprint density at radius 1 is 1.21 bits per heavy atom. The van der Waals surface area contributed by atoms with Crippen LogP contribution in [-0.4, -0.2) is 55.8 Å². The zero-order chi connectivity index (χ0) is 24.6. The molecule has 2 aliphatic carbocycles. The Morgan fingerprint density at radius 2 is 1.94 bits per heavy atom. The zero-order valence-electron chi connectivity index (χ0n) is 19.7. The first-order valence-corrected chi connectivity index (χ1v) is 11.8. The van der Waals surface area contributed by atoms with Crippen molar-refractivity contribution in [2.75, 3.05) is 25.2 Å². The third-order valence-corrected chi connectivity index (χ3v) is 7.58. The molecular formula is C26H32F3NO4. The molecule has 6 atom stereocenters. The Hall–Kier alpha value is -2.32. The van der Waals surface area contributed by atoms with Crippen molar-refractivity contribution in [1.82, 2.24) is 0 Å². The molecule has 0 saturated heterocycles. The van der Waals surface area contributed by atoms with E-state index in [1.54, 1.807) is 6.08 Å². The van der Waals surface area contributed by atoms with E-state index in [9.17, 15) is 23.1 Å². The third kappa shape index (κ3) is 5.03. The van der Waals surface area contributed by atoms with Crippen LogP contribution in [-0.2, 0) is 20.7 Å². The molecule has 1 aromatic carbocycles. The lowest BCUT2D eigenvalue weighted by molar-refractivity contribution is -0.161. The van der Waals surface area contributed by atoms with Crippen LogP contribution in [0.3, 0.4) is 0 Å². The summed E-state index contributed by atoms with van der Waals surface area (Å²) in [4.78, 5) is 14.0. The quantitative estimate of drug-likeness (QED) is 0.586. The van der Waals surface area contributed by atoms with Gasteiger partial charge in [-0.2, -0.15) is 13.2 Å². The zero-order valence-corrected chi connectivity index (χ0v) is 19.7. The Kier molecular flexibility index (Phi) is 7.10. The fourth-order valence-corrected chi connectivity index (χ4v) is 5.17. The highest BCUT2D eigenvalue weighted by molar-refractivity contribution is 5.74. The molecule has 8 heteroatoms. The maximum atomic E-state index is 14.0. The average Bonchev–Trinajstić information content (AvgIpc) is 3.15. The highest BCUT2D eigenvalue weighted by Crippen LogP contribution is 2.42. The van der Waals surface area contributed by atoms with E-state index in [1.165, 1.54) is 6.08 Å². The second-order valence-corrected chi connectivity index (χ2v) is 9.79. The van der Waals surface area contributed by atoms with Crippen LogP contribution in [0.1, 0.15) is 32.3 Å². The number of benzene rings is 1. The van der Waals surface area contributed by atoms with Gasteiger partial charge in [-0.15, -0.1) is 0 Å². The van der Waals surface area contributed by atoms with Crippen LogP contribution < -0.4 is 4.90 Å². The van der Waals surface area contributed by atoms with Crippen LogP contribution in [0.2, 0.25) is 0 Å². The van der Waals surface area contributed by atoms with E-state index in [4.69, 9.17) is 9.47 Å². The number of nitrogens with zero attached hydrogens (tertiary/aromatic N) is 1. The highest BCUT2D eigenvalue weighted by Gasteiger charge is 2.42. The molecule has 3 aliphatic rings. The van der Waals surface area contributed by atoms with Crippen LogP contribution in [0.25, 0.3) is 0 Å². The van der Waals surface area contributed by atoms with Gasteiger partial charge in [-0.05, 0) is 41.9 Å². The van der Waals surface area contributed by atoms with Gasteiger partial charge in [0.15, 0.2) is 0 Å². The van der Waals surface area contributed by atoms with Crippen LogP contribution in [0.15, 0.2) is 47.6 Å². The SMILES string of the molecule is CC1CC(C(=O)OCC(O)COC2C=CC(C3Cc4ccccc4N3C)=C(C(F)(F)F)C2)C1C. The highest BCUT2D eigenvalue weighted by atomic mass is 19.4. The number of para-hydroxylation sites is 1. The van der Waals surface area contributed by atoms with Gasteiger partial charge in [-0.3, -0.25) is 4.79 Å². The van der Waals surface area contributed by atoms with Crippen LogP contribution in [0.4, 0.5) is 18.9 Å². The summed E-state index contributed by atoms with van der Waals surface area (Å²) in [6, 6.07) is 7.24. The lowest BCUT2D eigenvalue weighted by atomic mass is 9.67. The average molecular weight is 480 g/mol. The number of hydrogen-bond donors (Lipinski definition) is 1.